The second kappa shape index (κ2) is 9.47. The van der Waals surface area contributed by atoms with Gasteiger partial charge in [0, 0.05) is 38.3 Å². The molecule has 184 valence electrons. The fraction of sp³-hybridized carbons (Fsp3) is 0.478. The van der Waals surface area contributed by atoms with Crippen LogP contribution in [0, 0.1) is 19.3 Å². The molecule has 1 N–H and O–H groups in total. The number of hydrogen-bond acceptors (Lipinski definition) is 4. The number of aromatic nitrogens is 2. The number of carboxylic acid groups (broad SMARTS) is 1. The molecule has 2 saturated heterocycles. The molecular formula is C23H27F3N4O4. The third kappa shape index (κ3) is 5.23. The van der Waals surface area contributed by atoms with Crippen LogP contribution in [0.3, 0.4) is 0 Å². The maximum Gasteiger partial charge on any atom is 0.490 e. The highest BCUT2D eigenvalue weighted by atomic mass is 19.4. The first kappa shape index (κ1) is 25.3. The van der Waals surface area contributed by atoms with E-state index < -0.39 is 12.1 Å². The highest BCUT2D eigenvalue weighted by molar-refractivity contribution is 6.00. The third-order valence-electron chi connectivity index (χ3n) is 6.30. The van der Waals surface area contributed by atoms with Crippen LogP contribution in [0.15, 0.2) is 30.5 Å². The summed E-state index contributed by atoms with van der Waals surface area (Å²) in [6.45, 7) is 6.02. The van der Waals surface area contributed by atoms with Gasteiger partial charge < -0.3 is 10.0 Å². The van der Waals surface area contributed by atoms with Crippen molar-refractivity contribution in [3.05, 3.63) is 47.2 Å². The van der Waals surface area contributed by atoms with Crippen molar-refractivity contribution in [3.63, 3.8) is 0 Å². The highest BCUT2D eigenvalue weighted by Gasteiger charge is 2.49. The van der Waals surface area contributed by atoms with E-state index in [0.717, 1.165) is 48.3 Å². The van der Waals surface area contributed by atoms with Crippen LogP contribution < -0.4 is 4.90 Å². The van der Waals surface area contributed by atoms with Crippen molar-refractivity contribution in [2.24, 2.45) is 12.5 Å². The molecule has 1 aromatic heterocycles. The lowest BCUT2D eigenvalue weighted by Crippen LogP contribution is -2.46. The third-order valence-corrected chi connectivity index (χ3v) is 6.30. The topological polar surface area (TPSA) is 95.7 Å². The van der Waals surface area contributed by atoms with E-state index in [1.54, 1.807) is 10.9 Å². The number of carbonyl (C=O) groups is 3. The van der Waals surface area contributed by atoms with Crippen molar-refractivity contribution < 1.29 is 32.7 Å². The van der Waals surface area contributed by atoms with E-state index in [9.17, 15) is 22.8 Å². The Labute approximate surface area is 194 Å². The Bertz CT molecular complexity index is 1070. The average Bonchev–Trinajstić information content (AvgIpc) is 3.30. The predicted octanol–water partition coefficient (Wildman–Crippen LogP) is 3.33. The molecule has 0 unspecified atom stereocenters. The summed E-state index contributed by atoms with van der Waals surface area (Å²) in [7, 11) is 1.86. The molecule has 0 atom stereocenters. The molecule has 0 bridgehead atoms. The van der Waals surface area contributed by atoms with E-state index in [2.05, 4.69) is 11.2 Å². The second-order valence-corrected chi connectivity index (χ2v) is 8.77. The maximum atomic E-state index is 13.2. The molecule has 2 fully saturated rings. The van der Waals surface area contributed by atoms with E-state index in [-0.39, 0.29) is 17.2 Å². The summed E-state index contributed by atoms with van der Waals surface area (Å²) in [6, 6.07) is 7.86. The first-order valence-electron chi connectivity index (χ1n) is 10.8. The molecule has 0 radical (unpaired) electrons. The molecule has 4 rings (SSSR count). The summed E-state index contributed by atoms with van der Waals surface area (Å²) in [5.74, 6) is -1.65. The zero-order valence-electron chi connectivity index (χ0n) is 19.2. The fourth-order valence-corrected chi connectivity index (χ4v) is 4.55. The van der Waals surface area contributed by atoms with Crippen molar-refractivity contribution in [2.75, 3.05) is 24.5 Å². The number of likely N-dealkylation sites (tertiary alicyclic amines) is 1. The van der Waals surface area contributed by atoms with Crippen molar-refractivity contribution >= 4 is 23.6 Å². The molecule has 34 heavy (non-hydrogen) atoms. The van der Waals surface area contributed by atoms with Crippen LogP contribution in [0.5, 0.6) is 0 Å². The zero-order chi connectivity index (χ0) is 25.3. The summed E-state index contributed by atoms with van der Waals surface area (Å²) in [4.78, 5) is 38.7. The van der Waals surface area contributed by atoms with Gasteiger partial charge in [-0.15, -0.1) is 0 Å². The molecule has 1 spiro atoms. The normalized spacial score (nSPS) is 17.5. The SMILES string of the molecule is Cc1cc(C)cc(C(=O)N2CCC3(CC2)CCN(c2ccnn2C)C3=O)c1.O=C(O)C(F)(F)F. The molecule has 2 amide bonds. The Kier molecular flexibility index (Phi) is 7.04. The van der Waals surface area contributed by atoms with Gasteiger partial charge in [-0.3, -0.25) is 19.2 Å². The zero-order valence-corrected chi connectivity index (χ0v) is 19.2. The molecule has 1 aromatic carbocycles. The van der Waals surface area contributed by atoms with Gasteiger partial charge in [-0.2, -0.15) is 18.3 Å². The molecule has 2 aliphatic heterocycles. The summed E-state index contributed by atoms with van der Waals surface area (Å²) in [6.07, 6.45) is -1.05. The van der Waals surface area contributed by atoms with Crippen LogP contribution >= 0.6 is 0 Å². The van der Waals surface area contributed by atoms with E-state index >= 15 is 0 Å². The van der Waals surface area contributed by atoms with Crippen molar-refractivity contribution in [1.29, 1.82) is 0 Å². The monoisotopic (exact) mass is 480 g/mol. The van der Waals surface area contributed by atoms with Crippen LogP contribution in [-0.2, 0) is 16.6 Å². The van der Waals surface area contributed by atoms with Gasteiger partial charge in [-0.25, -0.2) is 4.79 Å². The lowest BCUT2D eigenvalue weighted by molar-refractivity contribution is -0.192. The minimum atomic E-state index is -5.08. The van der Waals surface area contributed by atoms with Crippen LogP contribution in [-0.4, -0.2) is 63.4 Å². The number of aryl methyl sites for hydroxylation is 3. The van der Waals surface area contributed by atoms with Gasteiger partial charge >= 0.3 is 12.1 Å². The summed E-state index contributed by atoms with van der Waals surface area (Å²) in [5.41, 5.74) is 2.62. The van der Waals surface area contributed by atoms with Crippen LogP contribution in [0.4, 0.5) is 19.0 Å². The average molecular weight is 480 g/mol. The molecule has 0 saturated carbocycles. The minimum Gasteiger partial charge on any atom is -0.475 e. The Morgan fingerprint density at radius 3 is 2.03 bits per heavy atom. The first-order chi connectivity index (χ1) is 15.8. The predicted molar refractivity (Wildman–Crippen MR) is 117 cm³/mol. The van der Waals surface area contributed by atoms with Crippen LogP contribution in [0.25, 0.3) is 0 Å². The number of amides is 2. The number of benzene rings is 1. The fourth-order valence-electron chi connectivity index (χ4n) is 4.55. The van der Waals surface area contributed by atoms with Crippen molar-refractivity contribution in [3.8, 4) is 0 Å². The van der Waals surface area contributed by atoms with Gasteiger partial charge in [0.2, 0.25) is 5.91 Å². The smallest absolute Gasteiger partial charge is 0.475 e. The molecule has 8 nitrogen and oxygen atoms in total. The molecule has 2 aromatic rings. The Morgan fingerprint density at radius 2 is 1.56 bits per heavy atom. The maximum absolute atomic E-state index is 13.2. The number of rotatable bonds is 2. The molecule has 0 aliphatic carbocycles. The quantitative estimate of drug-likeness (QED) is 0.712. The van der Waals surface area contributed by atoms with Gasteiger partial charge in [0.25, 0.3) is 5.91 Å². The van der Waals surface area contributed by atoms with Crippen LogP contribution in [0.2, 0.25) is 0 Å². The molecular weight excluding hydrogens is 453 g/mol. The Hall–Kier alpha value is -3.37. The van der Waals surface area contributed by atoms with E-state index in [1.165, 1.54) is 0 Å². The van der Waals surface area contributed by atoms with E-state index in [1.807, 2.05) is 48.9 Å². The highest BCUT2D eigenvalue weighted by Crippen LogP contribution is 2.43. The number of carbonyl (C=O) groups excluding carboxylic acids is 2. The number of anilines is 1. The molecule has 3 heterocycles. The van der Waals surface area contributed by atoms with Gasteiger partial charge in [-0.05, 0) is 45.2 Å². The largest absolute Gasteiger partial charge is 0.490 e. The number of nitrogens with zero attached hydrogens (tertiary/aromatic N) is 4. The van der Waals surface area contributed by atoms with E-state index in [0.29, 0.717) is 13.1 Å². The summed E-state index contributed by atoms with van der Waals surface area (Å²) >= 11 is 0. The van der Waals surface area contributed by atoms with Gasteiger partial charge in [0.15, 0.2) is 0 Å². The molecule has 2 aliphatic rings. The number of hydrogen-bond donors (Lipinski definition) is 1. The standard InChI is InChI=1S/C21H26N4O2.C2HF3O2/c1-15-12-16(2)14-17(13-15)19(26)24-9-5-21(6-10-24)7-11-25(20(21)27)18-4-8-22-23(18)3;3-2(4,5)1(6)7/h4,8,12-14H,5-7,9-11H2,1-3H3;(H,6,7). The van der Waals surface area contributed by atoms with Gasteiger partial charge in [0.1, 0.15) is 5.82 Å². The lowest BCUT2D eigenvalue weighted by atomic mass is 9.77. The molecule has 11 heteroatoms. The number of piperidine rings is 1. The van der Waals surface area contributed by atoms with Gasteiger partial charge in [-0.1, -0.05) is 17.2 Å². The Balaban J connectivity index is 0.000000406. The Morgan fingerprint density at radius 1 is 1.03 bits per heavy atom. The van der Waals surface area contributed by atoms with Crippen molar-refractivity contribution in [2.45, 2.75) is 39.3 Å². The van der Waals surface area contributed by atoms with E-state index in [4.69, 9.17) is 9.90 Å². The van der Waals surface area contributed by atoms with Gasteiger partial charge in [0.05, 0.1) is 11.6 Å². The number of alkyl halides is 3. The second-order valence-electron chi connectivity index (χ2n) is 8.77. The minimum absolute atomic E-state index is 0.0746. The van der Waals surface area contributed by atoms with Crippen LogP contribution in [0.1, 0.15) is 40.7 Å². The number of carboxylic acids is 1. The lowest BCUT2D eigenvalue weighted by Gasteiger charge is -2.38. The number of aliphatic carboxylic acids is 1. The summed E-state index contributed by atoms with van der Waals surface area (Å²) in [5, 5.41) is 11.3. The summed E-state index contributed by atoms with van der Waals surface area (Å²) < 4.78 is 33.5. The number of halogens is 3. The van der Waals surface area contributed by atoms with Crippen molar-refractivity contribution in [1.82, 2.24) is 14.7 Å². The first-order valence-corrected chi connectivity index (χ1v) is 10.8.